The molecule has 156 valence electrons. The summed E-state index contributed by atoms with van der Waals surface area (Å²) in [5, 5.41) is 4.06. The van der Waals surface area contributed by atoms with E-state index in [1.807, 2.05) is 54.7 Å². The zero-order valence-electron chi connectivity index (χ0n) is 16.9. The van der Waals surface area contributed by atoms with Crippen LogP contribution >= 0.6 is 11.6 Å². The van der Waals surface area contributed by atoms with E-state index in [4.69, 9.17) is 21.3 Å². The average Bonchev–Trinajstić information content (AvgIpc) is 2.85. The molecule has 2 aromatic carbocycles. The molecule has 0 aliphatic carbocycles. The highest BCUT2D eigenvalue weighted by atomic mass is 35.5. The van der Waals surface area contributed by atoms with Gasteiger partial charge in [0.1, 0.15) is 18.7 Å². The Hall–Kier alpha value is -3.35. The molecule has 0 saturated carbocycles. The molecule has 4 aromatic rings. The van der Waals surface area contributed by atoms with Crippen LogP contribution in [0, 0.1) is 0 Å². The van der Waals surface area contributed by atoms with Gasteiger partial charge in [0.2, 0.25) is 0 Å². The number of hydrogen-bond donors (Lipinski definition) is 1. The normalized spacial score (nSPS) is 12.3. The molecule has 5 rings (SSSR count). The van der Waals surface area contributed by atoms with Gasteiger partial charge < -0.3 is 10.1 Å². The van der Waals surface area contributed by atoms with E-state index in [2.05, 4.69) is 20.3 Å². The van der Waals surface area contributed by atoms with Gasteiger partial charge in [0.15, 0.2) is 5.82 Å². The van der Waals surface area contributed by atoms with E-state index in [1.165, 1.54) is 11.9 Å². The van der Waals surface area contributed by atoms with Crippen LogP contribution in [0.5, 0.6) is 5.75 Å². The first-order valence-corrected chi connectivity index (χ1v) is 10.4. The van der Waals surface area contributed by atoms with E-state index in [1.54, 1.807) is 18.5 Å². The Bertz CT molecular complexity index is 1060. The molecule has 0 fully saturated rings. The van der Waals surface area contributed by atoms with Gasteiger partial charge in [-0.2, -0.15) is 0 Å². The topological polar surface area (TPSA) is 72.8 Å². The molecule has 7 heteroatoms. The lowest BCUT2D eigenvalue weighted by molar-refractivity contribution is 0.306. The molecule has 6 nitrogen and oxygen atoms in total. The fraction of sp³-hybridized carbons (Fsp3) is 0.167. The summed E-state index contributed by atoms with van der Waals surface area (Å²) < 4.78 is 5.82. The highest BCUT2D eigenvalue weighted by molar-refractivity contribution is 6.30. The molecule has 1 aliphatic rings. The number of rotatable bonds is 4. The lowest BCUT2D eigenvalue weighted by atomic mass is 10.1. The highest BCUT2D eigenvalue weighted by Crippen LogP contribution is 2.22. The molecule has 0 atom stereocenters. The van der Waals surface area contributed by atoms with Crippen molar-refractivity contribution in [2.75, 3.05) is 6.54 Å². The van der Waals surface area contributed by atoms with Crippen LogP contribution in [0.4, 0.5) is 0 Å². The van der Waals surface area contributed by atoms with Crippen molar-refractivity contribution < 1.29 is 4.74 Å². The van der Waals surface area contributed by atoms with Crippen LogP contribution in [0.25, 0.3) is 11.4 Å². The molecular weight excluding hydrogens is 410 g/mol. The van der Waals surface area contributed by atoms with E-state index < -0.39 is 0 Å². The monoisotopic (exact) mass is 431 g/mol. The number of nitrogens with one attached hydrogen (secondary N) is 1. The first-order chi connectivity index (χ1) is 15.3. The van der Waals surface area contributed by atoms with Crippen LogP contribution < -0.4 is 10.1 Å². The number of ether oxygens (including phenoxy) is 1. The van der Waals surface area contributed by atoms with Crippen LogP contribution in [-0.4, -0.2) is 26.5 Å². The quantitative estimate of drug-likeness (QED) is 0.513. The van der Waals surface area contributed by atoms with Crippen molar-refractivity contribution in [1.29, 1.82) is 0 Å². The molecule has 31 heavy (non-hydrogen) atoms. The Kier molecular flexibility index (Phi) is 7.16. The third-order valence-corrected chi connectivity index (χ3v) is 4.97. The lowest BCUT2D eigenvalue weighted by Crippen LogP contribution is -2.24. The van der Waals surface area contributed by atoms with Crippen molar-refractivity contribution >= 4 is 11.6 Å². The molecule has 0 spiro atoms. The molecule has 0 saturated heterocycles. The van der Waals surface area contributed by atoms with Crippen LogP contribution in [0.15, 0.2) is 79.5 Å². The largest absolute Gasteiger partial charge is 0.489 e. The predicted molar refractivity (Wildman–Crippen MR) is 121 cm³/mol. The Morgan fingerprint density at radius 3 is 2.42 bits per heavy atom. The van der Waals surface area contributed by atoms with Crippen molar-refractivity contribution in [2.45, 2.75) is 19.6 Å². The minimum Gasteiger partial charge on any atom is -0.489 e. The molecule has 2 aromatic heterocycles. The van der Waals surface area contributed by atoms with Crippen molar-refractivity contribution in [1.82, 2.24) is 25.3 Å². The average molecular weight is 432 g/mol. The third kappa shape index (κ3) is 6.07. The Balaban J connectivity index is 0.000000334. The molecule has 1 N–H and O–H groups in total. The zero-order chi connectivity index (χ0) is 21.3. The molecule has 0 unspecified atom stereocenters. The summed E-state index contributed by atoms with van der Waals surface area (Å²) in [6, 6.07) is 17.4. The first kappa shape index (κ1) is 20.9. The first-order valence-electron chi connectivity index (χ1n) is 10.0. The Labute approximate surface area is 186 Å². The Morgan fingerprint density at radius 1 is 0.968 bits per heavy atom. The fourth-order valence-corrected chi connectivity index (χ4v) is 3.20. The number of aromatic nitrogens is 4. The standard InChI is InChI=1S/C20H18ClN3O.C4H4N2/c21-17-5-1-14(2-6-17)13-25-18-7-3-15(4-8-18)20-23-12-16-11-22-10-9-19(16)24-20;1-2-5-4-6-3-1/h1-8,12,22H,9-11,13H2;1-4H. The van der Waals surface area contributed by atoms with Gasteiger partial charge in [0, 0.05) is 54.3 Å². The number of hydrogen-bond acceptors (Lipinski definition) is 6. The second kappa shape index (κ2) is 10.6. The molecular formula is C24H22ClN5O. The molecule has 3 heterocycles. The fourth-order valence-electron chi connectivity index (χ4n) is 3.08. The maximum atomic E-state index is 5.89. The smallest absolute Gasteiger partial charge is 0.159 e. The molecule has 0 amide bonds. The summed E-state index contributed by atoms with van der Waals surface area (Å²) in [6.07, 6.45) is 7.75. The Morgan fingerprint density at radius 2 is 1.74 bits per heavy atom. The molecule has 1 aliphatic heterocycles. The van der Waals surface area contributed by atoms with E-state index in [0.717, 1.165) is 52.9 Å². The summed E-state index contributed by atoms with van der Waals surface area (Å²) in [5.41, 5.74) is 4.42. The van der Waals surface area contributed by atoms with Crippen LogP contribution in [-0.2, 0) is 19.6 Å². The number of fused-ring (bicyclic) bond motifs is 1. The van der Waals surface area contributed by atoms with E-state index in [0.29, 0.717) is 6.61 Å². The van der Waals surface area contributed by atoms with Crippen molar-refractivity contribution in [2.24, 2.45) is 0 Å². The minimum atomic E-state index is 0.513. The van der Waals surface area contributed by atoms with Crippen molar-refractivity contribution in [3.8, 4) is 17.1 Å². The van der Waals surface area contributed by atoms with Gasteiger partial charge in [0.25, 0.3) is 0 Å². The highest BCUT2D eigenvalue weighted by Gasteiger charge is 2.12. The summed E-state index contributed by atoms with van der Waals surface area (Å²) in [5.74, 6) is 1.59. The molecule has 0 radical (unpaired) electrons. The number of benzene rings is 2. The van der Waals surface area contributed by atoms with Gasteiger partial charge in [-0.25, -0.2) is 19.9 Å². The maximum absolute atomic E-state index is 5.89. The molecule has 0 bridgehead atoms. The predicted octanol–water partition coefficient (Wildman–Crippen LogP) is 4.50. The van der Waals surface area contributed by atoms with Crippen LogP contribution in [0.2, 0.25) is 5.02 Å². The maximum Gasteiger partial charge on any atom is 0.159 e. The van der Waals surface area contributed by atoms with Gasteiger partial charge in [-0.05, 0) is 48.0 Å². The summed E-state index contributed by atoms with van der Waals surface area (Å²) in [6.45, 7) is 2.34. The van der Waals surface area contributed by atoms with E-state index >= 15 is 0 Å². The van der Waals surface area contributed by atoms with Crippen LogP contribution in [0.1, 0.15) is 16.8 Å². The van der Waals surface area contributed by atoms with E-state index in [9.17, 15) is 0 Å². The second-order valence-corrected chi connectivity index (χ2v) is 7.37. The van der Waals surface area contributed by atoms with Crippen molar-refractivity contribution in [3.05, 3.63) is 101 Å². The van der Waals surface area contributed by atoms with Crippen molar-refractivity contribution in [3.63, 3.8) is 0 Å². The number of nitrogens with zero attached hydrogens (tertiary/aromatic N) is 4. The van der Waals surface area contributed by atoms with Crippen LogP contribution in [0.3, 0.4) is 0 Å². The van der Waals surface area contributed by atoms with Gasteiger partial charge >= 0.3 is 0 Å². The third-order valence-electron chi connectivity index (χ3n) is 4.72. The lowest BCUT2D eigenvalue weighted by Gasteiger charge is -2.16. The zero-order valence-corrected chi connectivity index (χ0v) is 17.7. The summed E-state index contributed by atoms with van der Waals surface area (Å²) >= 11 is 5.89. The summed E-state index contributed by atoms with van der Waals surface area (Å²) in [4.78, 5) is 16.5. The second-order valence-electron chi connectivity index (χ2n) is 6.94. The van der Waals surface area contributed by atoms with Gasteiger partial charge in [0.05, 0.1) is 5.69 Å². The minimum absolute atomic E-state index is 0.513. The SMILES string of the molecule is Clc1ccc(COc2ccc(-c3ncc4c(n3)CCNC4)cc2)cc1.c1cncnc1. The van der Waals surface area contributed by atoms with E-state index in [-0.39, 0.29) is 0 Å². The van der Waals surface area contributed by atoms with Gasteiger partial charge in [-0.1, -0.05) is 23.7 Å². The van der Waals surface area contributed by atoms with Gasteiger partial charge in [-0.3, -0.25) is 0 Å². The van der Waals surface area contributed by atoms with Gasteiger partial charge in [-0.15, -0.1) is 0 Å². The number of halogens is 1. The summed E-state index contributed by atoms with van der Waals surface area (Å²) in [7, 11) is 0.